The van der Waals surface area contributed by atoms with Crippen molar-refractivity contribution in [1.82, 2.24) is 20.2 Å². The molecule has 0 amide bonds. The van der Waals surface area contributed by atoms with Gasteiger partial charge in [-0.05, 0) is 30.0 Å². The molecule has 6 heterocycles. The highest BCUT2D eigenvalue weighted by Gasteiger charge is 2.45. The van der Waals surface area contributed by atoms with E-state index < -0.39 is 5.82 Å². The van der Waals surface area contributed by atoms with Crippen molar-refractivity contribution in [2.45, 2.75) is 38.9 Å². The van der Waals surface area contributed by atoms with Crippen LogP contribution in [0, 0.1) is 28.5 Å². The summed E-state index contributed by atoms with van der Waals surface area (Å²) in [4.78, 5) is 14.4. The van der Waals surface area contributed by atoms with Gasteiger partial charge in [-0.1, -0.05) is 25.2 Å². The van der Waals surface area contributed by atoms with Crippen LogP contribution in [0.25, 0.3) is 5.57 Å². The minimum atomic E-state index is -0.442. The fraction of sp³-hybridized carbons (Fsp3) is 0.407. The van der Waals surface area contributed by atoms with Crippen molar-refractivity contribution < 1.29 is 13.9 Å². The van der Waals surface area contributed by atoms with Gasteiger partial charge in [-0.3, -0.25) is 4.90 Å². The van der Waals surface area contributed by atoms with E-state index in [2.05, 4.69) is 40.0 Å². The lowest BCUT2D eigenvalue weighted by Gasteiger charge is -2.56. The number of ether oxygens (including phenoxy) is 2. The molecule has 11 heteroatoms. The smallest absolute Gasteiger partial charge is 0.250 e. The van der Waals surface area contributed by atoms with Crippen molar-refractivity contribution in [2.24, 2.45) is 5.92 Å². The van der Waals surface area contributed by atoms with Gasteiger partial charge in [0, 0.05) is 62.1 Å². The summed E-state index contributed by atoms with van der Waals surface area (Å²) in [6.45, 7) is 7.07. The molecule has 0 spiro atoms. The molecule has 9 nitrogen and oxygen atoms in total. The van der Waals surface area contributed by atoms with E-state index in [1.807, 2.05) is 12.3 Å². The number of anilines is 1. The van der Waals surface area contributed by atoms with Gasteiger partial charge in [0.15, 0.2) is 10.9 Å². The summed E-state index contributed by atoms with van der Waals surface area (Å²) in [6, 6.07) is 4.32. The zero-order chi connectivity index (χ0) is 26.8. The summed E-state index contributed by atoms with van der Waals surface area (Å²) >= 11 is 1.56. The number of nitriles is 1. The molecular formula is C27H30FN7O2S. The summed E-state index contributed by atoms with van der Waals surface area (Å²) in [6.07, 6.45) is 9.29. The van der Waals surface area contributed by atoms with E-state index in [0.717, 1.165) is 46.9 Å². The second kappa shape index (κ2) is 10.9. The lowest BCUT2D eigenvalue weighted by molar-refractivity contribution is -0.00860. The monoisotopic (exact) mass is 535 g/mol. The molecule has 0 aromatic carbocycles. The van der Waals surface area contributed by atoms with Crippen molar-refractivity contribution in [3.63, 3.8) is 0 Å². The molecule has 2 aromatic heterocycles. The normalized spacial score (nSPS) is 22.1. The van der Waals surface area contributed by atoms with Crippen molar-refractivity contribution in [3.05, 3.63) is 64.0 Å². The molecule has 6 rings (SSSR count). The van der Waals surface area contributed by atoms with E-state index in [1.54, 1.807) is 23.7 Å². The van der Waals surface area contributed by atoms with E-state index in [9.17, 15) is 9.65 Å². The second-order valence-corrected chi connectivity index (χ2v) is 11.0. The molecule has 2 unspecified atom stereocenters. The largest absolute Gasteiger partial charge is 0.492 e. The summed E-state index contributed by atoms with van der Waals surface area (Å²) in [5.74, 6) is 0.624. The van der Waals surface area contributed by atoms with Gasteiger partial charge in [-0.15, -0.1) is 0 Å². The Balaban J connectivity index is 1.31. The molecule has 2 atom stereocenters. The fourth-order valence-corrected chi connectivity index (χ4v) is 5.91. The molecule has 4 aliphatic heterocycles. The van der Waals surface area contributed by atoms with E-state index in [4.69, 9.17) is 19.9 Å². The average Bonchev–Trinajstić information content (AvgIpc) is 3.42. The first kappa shape index (κ1) is 25.9. The van der Waals surface area contributed by atoms with Crippen LogP contribution < -0.4 is 15.0 Å². The number of nitrogens with zero attached hydrogens (tertiary/aromatic N) is 5. The number of piperidine rings is 1. The van der Waals surface area contributed by atoms with Gasteiger partial charge < -0.3 is 25.1 Å². The standard InChI is InChI=1S/C27H30FN7O2S/c1-16(2)15-37-21-6-22(25(31-10-21)18(7-29)8-30)24-11-33-27(38-24)34-13-19-5-20(14-34)35(19)12-17-4-23(28)26(36-3)32-9-17/h4,6-7,9-11,16,19-20,29,31H,5,12-15H2,1-3H3/b25-18+,29-7?. The van der Waals surface area contributed by atoms with E-state index in [-0.39, 0.29) is 11.5 Å². The average molecular weight is 536 g/mol. The van der Waals surface area contributed by atoms with E-state index in [1.165, 1.54) is 13.2 Å². The molecule has 4 aliphatic rings. The zero-order valence-electron chi connectivity index (χ0n) is 21.6. The number of hydrogen-bond donors (Lipinski definition) is 2. The van der Waals surface area contributed by atoms with Gasteiger partial charge >= 0.3 is 0 Å². The minimum absolute atomic E-state index is 0.0150. The third-order valence-corrected chi connectivity index (χ3v) is 7.92. The highest BCUT2D eigenvalue weighted by Crippen LogP contribution is 2.39. The molecule has 2 bridgehead atoms. The van der Waals surface area contributed by atoms with E-state index >= 15 is 0 Å². The van der Waals surface area contributed by atoms with Gasteiger partial charge in [0.25, 0.3) is 0 Å². The van der Waals surface area contributed by atoms with Gasteiger partial charge in [0.1, 0.15) is 11.8 Å². The predicted octanol–water partition coefficient (Wildman–Crippen LogP) is 4.08. The number of piperazine rings is 1. The Labute approximate surface area is 225 Å². The molecular weight excluding hydrogens is 505 g/mol. The lowest BCUT2D eigenvalue weighted by atomic mass is 9.87. The Hall–Kier alpha value is -3.75. The minimum Gasteiger partial charge on any atom is -0.492 e. The summed E-state index contributed by atoms with van der Waals surface area (Å²) in [5, 5.41) is 21.3. The van der Waals surface area contributed by atoms with Crippen LogP contribution in [0.2, 0.25) is 0 Å². The molecule has 198 valence electrons. The van der Waals surface area contributed by atoms with Gasteiger partial charge in [-0.2, -0.15) is 5.26 Å². The Morgan fingerprint density at radius 2 is 2.13 bits per heavy atom. The molecule has 0 radical (unpaired) electrons. The SMILES string of the molecule is COc1ncc(CN2C3CC2CN(c2ncc(C4=CC(OCC(C)C)=CN/C4=C(/C#N)C=N)s2)C3)cc1F. The molecule has 38 heavy (non-hydrogen) atoms. The van der Waals surface area contributed by atoms with Crippen LogP contribution in [-0.2, 0) is 11.3 Å². The number of allylic oxidation sites excluding steroid dienone is 3. The van der Waals surface area contributed by atoms with Crippen molar-refractivity contribution in [2.75, 3.05) is 31.7 Å². The maximum atomic E-state index is 14.1. The summed E-state index contributed by atoms with van der Waals surface area (Å²) in [5.41, 5.74) is 2.43. The zero-order valence-corrected chi connectivity index (χ0v) is 22.4. The van der Waals surface area contributed by atoms with Crippen molar-refractivity contribution in [1.29, 1.82) is 10.7 Å². The van der Waals surface area contributed by atoms with Crippen LogP contribution in [0.5, 0.6) is 5.88 Å². The molecule has 2 aromatic rings. The Morgan fingerprint density at radius 3 is 2.79 bits per heavy atom. The molecule has 0 aliphatic carbocycles. The Bertz CT molecular complexity index is 1350. The first-order valence-electron chi connectivity index (χ1n) is 12.5. The topological polar surface area (TPSA) is 110 Å². The van der Waals surface area contributed by atoms with Crippen LogP contribution in [0.3, 0.4) is 0 Å². The Kier molecular flexibility index (Phi) is 7.44. The quantitative estimate of drug-likeness (QED) is 0.365. The molecule has 0 saturated carbocycles. The van der Waals surface area contributed by atoms with Crippen LogP contribution in [0.4, 0.5) is 9.52 Å². The third-order valence-electron chi connectivity index (χ3n) is 6.83. The predicted molar refractivity (Wildman–Crippen MR) is 144 cm³/mol. The van der Waals surface area contributed by atoms with Crippen LogP contribution in [0.1, 0.15) is 30.7 Å². The maximum Gasteiger partial charge on any atom is 0.250 e. The number of rotatable bonds is 9. The third kappa shape index (κ3) is 5.14. The molecule has 2 N–H and O–H groups in total. The number of methoxy groups -OCH3 is 1. The highest BCUT2D eigenvalue weighted by atomic mass is 32.1. The lowest BCUT2D eigenvalue weighted by Crippen LogP contribution is -2.68. The first-order valence-corrected chi connectivity index (χ1v) is 13.3. The van der Waals surface area contributed by atoms with Gasteiger partial charge in [0.05, 0.1) is 29.9 Å². The second-order valence-electron chi connectivity index (χ2n) is 9.96. The number of hydrogen-bond acceptors (Lipinski definition) is 10. The fourth-order valence-electron chi connectivity index (χ4n) is 4.95. The van der Waals surface area contributed by atoms with Crippen LogP contribution >= 0.6 is 11.3 Å². The van der Waals surface area contributed by atoms with Gasteiger partial charge in [-0.25, -0.2) is 14.4 Å². The molecule has 3 saturated heterocycles. The number of halogens is 1. The highest BCUT2D eigenvalue weighted by molar-refractivity contribution is 7.16. The summed E-state index contributed by atoms with van der Waals surface area (Å²) in [7, 11) is 1.41. The number of thiazole rings is 1. The number of dihydropyridines is 1. The van der Waals surface area contributed by atoms with Gasteiger partial charge in [0.2, 0.25) is 5.88 Å². The number of nitrogens with one attached hydrogen (secondary N) is 2. The number of fused-ring (bicyclic) bond motifs is 2. The number of aromatic nitrogens is 2. The van der Waals surface area contributed by atoms with Crippen molar-refractivity contribution >= 4 is 28.3 Å². The molecule has 3 fully saturated rings. The van der Waals surface area contributed by atoms with E-state index in [0.29, 0.717) is 42.6 Å². The van der Waals surface area contributed by atoms with Crippen LogP contribution in [-0.4, -0.2) is 60.0 Å². The first-order chi connectivity index (χ1) is 18.4. The maximum absolute atomic E-state index is 14.1. The Morgan fingerprint density at radius 1 is 1.34 bits per heavy atom. The van der Waals surface area contributed by atoms with Crippen molar-refractivity contribution in [3.8, 4) is 11.9 Å². The van der Waals surface area contributed by atoms with Crippen LogP contribution in [0.15, 0.2) is 47.8 Å². The number of pyridine rings is 1. The summed E-state index contributed by atoms with van der Waals surface area (Å²) < 4.78 is 24.9.